The summed E-state index contributed by atoms with van der Waals surface area (Å²) >= 11 is 6.27. The van der Waals surface area contributed by atoms with Crippen molar-refractivity contribution in [1.82, 2.24) is 5.32 Å². The zero-order chi connectivity index (χ0) is 11.1. The molecular formula is C13H16ClNO. The standard InChI is InChI=1S/C13H16ClNO/c1-8-4-11-5-10(9-2-3-15-7-9)6-12(14)13(11)16-8/h5-6,8-9,15H,2-4,7H2,1H3. The van der Waals surface area contributed by atoms with E-state index in [1.807, 2.05) is 0 Å². The summed E-state index contributed by atoms with van der Waals surface area (Å²) in [6.07, 6.45) is 2.47. The second-order valence-corrected chi connectivity index (χ2v) is 5.22. The highest BCUT2D eigenvalue weighted by molar-refractivity contribution is 6.32. The van der Waals surface area contributed by atoms with Gasteiger partial charge in [-0.1, -0.05) is 17.7 Å². The predicted octanol–water partition coefficient (Wildman–Crippen LogP) is 2.74. The minimum absolute atomic E-state index is 0.268. The smallest absolute Gasteiger partial charge is 0.141 e. The van der Waals surface area contributed by atoms with Crippen LogP contribution in [0.5, 0.6) is 5.75 Å². The minimum Gasteiger partial charge on any atom is -0.489 e. The van der Waals surface area contributed by atoms with Gasteiger partial charge in [0.1, 0.15) is 11.9 Å². The highest BCUT2D eigenvalue weighted by Crippen LogP contribution is 2.39. The van der Waals surface area contributed by atoms with Crippen molar-refractivity contribution >= 4 is 11.6 Å². The quantitative estimate of drug-likeness (QED) is 0.811. The highest BCUT2D eigenvalue weighted by Gasteiger charge is 2.25. The molecule has 2 aliphatic rings. The number of nitrogens with one attached hydrogen (secondary N) is 1. The number of halogens is 1. The van der Waals surface area contributed by atoms with E-state index in [2.05, 4.69) is 24.4 Å². The molecule has 1 aromatic carbocycles. The molecule has 1 N–H and O–H groups in total. The Kier molecular flexibility index (Phi) is 2.56. The first kappa shape index (κ1) is 10.4. The molecule has 1 aromatic rings. The van der Waals surface area contributed by atoms with Crippen LogP contribution in [0.1, 0.15) is 30.4 Å². The molecule has 0 saturated carbocycles. The van der Waals surface area contributed by atoms with Crippen molar-refractivity contribution in [3.05, 3.63) is 28.3 Å². The Morgan fingerprint density at radius 1 is 1.44 bits per heavy atom. The van der Waals surface area contributed by atoms with Crippen LogP contribution in [0.2, 0.25) is 5.02 Å². The lowest BCUT2D eigenvalue weighted by atomic mass is 9.95. The van der Waals surface area contributed by atoms with Gasteiger partial charge in [0.25, 0.3) is 0 Å². The third-order valence-electron chi connectivity index (χ3n) is 3.50. The number of fused-ring (bicyclic) bond motifs is 1. The topological polar surface area (TPSA) is 21.3 Å². The molecule has 0 aliphatic carbocycles. The lowest BCUT2D eigenvalue weighted by Crippen LogP contribution is -2.08. The third kappa shape index (κ3) is 1.70. The molecule has 1 saturated heterocycles. The summed E-state index contributed by atoms with van der Waals surface area (Å²) in [5, 5.41) is 4.17. The van der Waals surface area contributed by atoms with Crippen LogP contribution in [-0.4, -0.2) is 19.2 Å². The van der Waals surface area contributed by atoms with Crippen LogP contribution in [0.4, 0.5) is 0 Å². The number of benzene rings is 1. The van der Waals surface area contributed by atoms with Gasteiger partial charge < -0.3 is 10.1 Å². The van der Waals surface area contributed by atoms with Crippen molar-refractivity contribution < 1.29 is 4.74 Å². The van der Waals surface area contributed by atoms with Crippen molar-refractivity contribution in [2.75, 3.05) is 13.1 Å². The molecule has 2 heterocycles. The summed E-state index contributed by atoms with van der Waals surface area (Å²) in [5.74, 6) is 1.53. The Labute approximate surface area is 101 Å². The average molecular weight is 238 g/mol. The molecule has 0 spiro atoms. The van der Waals surface area contributed by atoms with Crippen molar-refractivity contribution in [1.29, 1.82) is 0 Å². The van der Waals surface area contributed by atoms with E-state index in [9.17, 15) is 0 Å². The van der Waals surface area contributed by atoms with Gasteiger partial charge in [-0.15, -0.1) is 0 Å². The number of ether oxygens (including phenoxy) is 1. The lowest BCUT2D eigenvalue weighted by Gasteiger charge is -2.11. The molecular weight excluding hydrogens is 222 g/mol. The second kappa shape index (κ2) is 3.94. The first-order valence-electron chi connectivity index (χ1n) is 5.93. The van der Waals surface area contributed by atoms with Crippen LogP contribution in [0.3, 0.4) is 0 Å². The molecule has 1 fully saturated rings. The molecule has 2 nitrogen and oxygen atoms in total. The van der Waals surface area contributed by atoms with E-state index in [0.717, 1.165) is 30.3 Å². The molecule has 2 atom stereocenters. The Hall–Kier alpha value is -0.730. The fourth-order valence-electron chi connectivity index (χ4n) is 2.68. The molecule has 16 heavy (non-hydrogen) atoms. The first-order chi connectivity index (χ1) is 7.74. The Morgan fingerprint density at radius 2 is 2.31 bits per heavy atom. The van der Waals surface area contributed by atoms with E-state index in [4.69, 9.17) is 16.3 Å². The molecule has 0 aromatic heterocycles. The first-order valence-corrected chi connectivity index (χ1v) is 6.31. The van der Waals surface area contributed by atoms with Gasteiger partial charge in [0.15, 0.2) is 0 Å². The van der Waals surface area contributed by atoms with E-state index in [1.165, 1.54) is 17.5 Å². The van der Waals surface area contributed by atoms with Gasteiger partial charge >= 0.3 is 0 Å². The van der Waals surface area contributed by atoms with Crippen molar-refractivity contribution in [2.45, 2.75) is 31.8 Å². The normalized spacial score (nSPS) is 27.9. The van der Waals surface area contributed by atoms with E-state index in [0.29, 0.717) is 5.92 Å². The molecule has 2 unspecified atom stereocenters. The lowest BCUT2D eigenvalue weighted by molar-refractivity contribution is 0.255. The van der Waals surface area contributed by atoms with Gasteiger partial charge in [-0.3, -0.25) is 0 Å². The molecule has 0 radical (unpaired) electrons. The number of hydrogen-bond acceptors (Lipinski definition) is 2. The summed E-state index contributed by atoms with van der Waals surface area (Å²) in [6.45, 7) is 4.28. The van der Waals surface area contributed by atoms with Crippen LogP contribution in [0.25, 0.3) is 0 Å². The Balaban J connectivity index is 1.97. The predicted molar refractivity (Wildman–Crippen MR) is 65.5 cm³/mol. The summed E-state index contributed by atoms with van der Waals surface area (Å²) < 4.78 is 5.71. The molecule has 0 bridgehead atoms. The molecule has 3 heteroatoms. The van der Waals surface area contributed by atoms with Gasteiger partial charge in [-0.2, -0.15) is 0 Å². The van der Waals surface area contributed by atoms with Crippen molar-refractivity contribution in [2.24, 2.45) is 0 Å². The molecule has 2 aliphatic heterocycles. The van der Waals surface area contributed by atoms with Crippen LogP contribution in [0, 0.1) is 0 Å². The molecule has 0 amide bonds. The average Bonchev–Trinajstić information content (AvgIpc) is 2.84. The van der Waals surface area contributed by atoms with Crippen LogP contribution in [0.15, 0.2) is 12.1 Å². The van der Waals surface area contributed by atoms with Crippen LogP contribution in [-0.2, 0) is 6.42 Å². The third-order valence-corrected chi connectivity index (χ3v) is 3.78. The van der Waals surface area contributed by atoms with Gasteiger partial charge in [0, 0.05) is 13.0 Å². The summed E-state index contributed by atoms with van der Waals surface area (Å²) in [5.41, 5.74) is 2.65. The Bertz CT molecular complexity index is 413. The SMILES string of the molecule is CC1Cc2cc(C3CCNC3)cc(Cl)c2O1. The van der Waals surface area contributed by atoms with E-state index in [-0.39, 0.29) is 6.10 Å². The van der Waals surface area contributed by atoms with Gasteiger partial charge in [0.2, 0.25) is 0 Å². The molecule has 86 valence electrons. The molecule has 3 rings (SSSR count). The van der Waals surface area contributed by atoms with Crippen LogP contribution < -0.4 is 10.1 Å². The number of hydrogen-bond donors (Lipinski definition) is 1. The van der Waals surface area contributed by atoms with Crippen molar-refractivity contribution in [3.8, 4) is 5.75 Å². The van der Waals surface area contributed by atoms with E-state index >= 15 is 0 Å². The maximum Gasteiger partial charge on any atom is 0.141 e. The van der Waals surface area contributed by atoms with E-state index < -0.39 is 0 Å². The second-order valence-electron chi connectivity index (χ2n) is 4.81. The summed E-state index contributed by atoms with van der Waals surface area (Å²) in [4.78, 5) is 0. The summed E-state index contributed by atoms with van der Waals surface area (Å²) in [6, 6.07) is 4.36. The minimum atomic E-state index is 0.268. The largest absolute Gasteiger partial charge is 0.489 e. The highest BCUT2D eigenvalue weighted by atomic mass is 35.5. The number of rotatable bonds is 1. The maximum atomic E-state index is 6.27. The van der Waals surface area contributed by atoms with Gasteiger partial charge in [-0.05, 0) is 43.0 Å². The zero-order valence-corrected chi connectivity index (χ0v) is 10.2. The van der Waals surface area contributed by atoms with Crippen molar-refractivity contribution in [3.63, 3.8) is 0 Å². The monoisotopic (exact) mass is 237 g/mol. The van der Waals surface area contributed by atoms with Gasteiger partial charge in [0.05, 0.1) is 5.02 Å². The van der Waals surface area contributed by atoms with Gasteiger partial charge in [-0.25, -0.2) is 0 Å². The summed E-state index contributed by atoms with van der Waals surface area (Å²) in [7, 11) is 0. The zero-order valence-electron chi connectivity index (χ0n) is 9.42. The maximum absolute atomic E-state index is 6.27. The fraction of sp³-hybridized carbons (Fsp3) is 0.538. The van der Waals surface area contributed by atoms with E-state index in [1.54, 1.807) is 0 Å². The Morgan fingerprint density at radius 3 is 3.06 bits per heavy atom. The van der Waals surface area contributed by atoms with Crippen LogP contribution >= 0.6 is 11.6 Å². The fourth-order valence-corrected chi connectivity index (χ4v) is 2.98.